The third-order valence-corrected chi connectivity index (χ3v) is 4.06. The van der Waals surface area contributed by atoms with Crippen LogP contribution in [0.2, 0.25) is 0 Å². The highest BCUT2D eigenvalue weighted by molar-refractivity contribution is 7.90. The highest BCUT2D eigenvalue weighted by Gasteiger charge is 2.11. The zero-order valence-corrected chi connectivity index (χ0v) is 12.5. The summed E-state index contributed by atoms with van der Waals surface area (Å²) in [6.45, 7) is 0. The Morgan fingerprint density at radius 2 is 1.71 bits per heavy atom. The molecule has 2 aromatic rings. The van der Waals surface area contributed by atoms with E-state index in [-0.39, 0.29) is 4.90 Å². The summed E-state index contributed by atoms with van der Waals surface area (Å²) in [5.74, 6) is 1.11. The van der Waals surface area contributed by atoms with Crippen molar-refractivity contribution in [2.75, 3.05) is 14.2 Å². The zero-order valence-electron chi connectivity index (χ0n) is 11.7. The molecule has 110 valence electrons. The Labute approximate surface area is 123 Å². The van der Waals surface area contributed by atoms with Crippen LogP contribution in [0.3, 0.4) is 0 Å². The first-order valence-electron chi connectivity index (χ1n) is 6.14. The highest BCUT2D eigenvalue weighted by Crippen LogP contribution is 2.23. The maximum absolute atomic E-state index is 12.1. The Hall–Kier alpha value is -2.34. The molecule has 0 spiro atoms. The first-order chi connectivity index (χ1) is 10.1. The first-order valence-corrected chi connectivity index (χ1v) is 7.58. The summed E-state index contributed by atoms with van der Waals surface area (Å²) in [6, 6.07) is 13.1. The van der Waals surface area contributed by atoms with E-state index in [1.54, 1.807) is 43.5 Å². The van der Waals surface area contributed by atoms with Gasteiger partial charge in [-0.05, 0) is 24.3 Å². The van der Waals surface area contributed by atoms with Crippen LogP contribution in [0.15, 0.2) is 57.8 Å². The van der Waals surface area contributed by atoms with Crippen molar-refractivity contribution in [3.05, 3.63) is 54.1 Å². The number of benzene rings is 2. The monoisotopic (exact) mass is 305 g/mol. The number of hydrogen-bond donors (Lipinski definition) is 0. The van der Waals surface area contributed by atoms with E-state index in [1.807, 2.05) is 0 Å². The molecule has 0 atom stereocenters. The van der Waals surface area contributed by atoms with Crippen LogP contribution in [0.5, 0.6) is 11.5 Å². The summed E-state index contributed by atoms with van der Waals surface area (Å²) in [4.78, 5) is 0.147. The third kappa shape index (κ3) is 3.61. The van der Waals surface area contributed by atoms with Crippen molar-refractivity contribution >= 4 is 16.2 Å². The van der Waals surface area contributed by atoms with Crippen molar-refractivity contribution in [3.8, 4) is 11.5 Å². The fourth-order valence-corrected chi connectivity index (χ4v) is 2.58. The number of rotatable bonds is 5. The van der Waals surface area contributed by atoms with Crippen LogP contribution < -0.4 is 9.47 Å². The van der Waals surface area contributed by atoms with Gasteiger partial charge < -0.3 is 9.47 Å². The van der Waals surface area contributed by atoms with E-state index < -0.39 is 10.0 Å². The lowest BCUT2D eigenvalue weighted by atomic mass is 10.2. The molecule has 5 nitrogen and oxygen atoms in total. The quantitative estimate of drug-likeness (QED) is 0.796. The molecule has 0 aliphatic carbocycles. The van der Waals surface area contributed by atoms with Crippen LogP contribution in [-0.2, 0) is 10.0 Å². The van der Waals surface area contributed by atoms with Crippen molar-refractivity contribution in [2.24, 2.45) is 4.40 Å². The van der Waals surface area contributed by atoms with Crippen molar-refractivity contribution in [2.45, 2.75) is 4.90 Å². The molecule has 0 heterocycles. The van der Waals surface area contributed by atoms with Crippen molar-refractivity contribution in [1.29, 1.82) is 0 Å². The Morgan fingerprint density at radius 3 is 2.33 bits per heavy atom. The Balaban J connectivity index is 2.33. The molecule has 2 aromatic carbocycles. The molecule has 0 bridgehead atoms. The Kier molecular flexibility index (Phi) is 4.59. The summed E-state index contributed by atoms with van der Waals surface area (Å²) < 4.78 is 38.1. The lowest BCUT2D eigenvalue weighted by Crippen LogP contribution is -1.98. The molecule has 0 unspecified atom stereocenters. The van der Waals surface area contributed by atoms with Crippen LogP contribution in [0.4, 0.5) is 0 Å². The minimum absolute atomic E-state index is 0.147. The van der Waals surface area contributed by atoms with Gasteiger partial charge in [-0.1, -0.05) is 18.2 Å². The van der Waals surface area contributed by atoms with Crippen LogP contribution in [0, 0.1) is 0 Å². The molecule has 0 saturated carbocycles. The standard InChI is InChI=1S/C15H15NO4S/c1-19-13-9-8-12(15(10-13)20-2)11-16-21(17,18)14-6-4-3-5-7-14/h3-11H,1-2H3/b16-11+. The molecule has 0 N–H and O–H groups in total. The van der Waals surface area contributed by atoms with E-state index in [0.717, 1.165) is 0 Å². The zero-order chi connectivity index (χ0) is 15.3. The molecule has 0 aliphatic rings. The Morgan fingerprint density at radius 1 is 1.00 bits per heavy atom. The van der Waals surface area contributed by atoms with E-state index in [9.17, 15) is 8.42 Å². The summed E-state index contributed by atoms with van der Waals surface area (Å²) >= 11 is 0. The van der Waals surface area contributed by atoms with Gasteiger partial charge in [0.25, 0.3) is 10.0 Å². The van der Waals surface area contributed by atoms with E-state index in [2.05, 4.69) is 4.40 Å². The van der Waals surface area contributed by atoms with E-state index >= 15 is 0 Å². The van der Waals surface area contributed by atoms with Gasteiger partial charge in [0.1, 0.15) is 11.5 Å². The molecule has 6 heteroatoms. The van der Waals surface area contributed by atoms with Gasteiger partial charge in [-0.2, -0.15) is 12.8 Å². The van der Waals surface area contributed by atoms with Crippen molar-refractivity contribution in [1.82, 2.24) is 0 Å². The van der Waals surface area contributed by atoms with Gasteiger partial charge >= 0.3 is 0 Å². The van der Waals surface area contributed by atoms with Crippen molar-refractivity contribution < 1.29 is 17.9 Å². The fourth-order valence-electron chi connectivity index (χ4n) is 1.70. The van der Waals surface area contributed by atoms with Crippen LogP contribution >= 0.6 is 0 Å². The van der Waals surface area contributed by atoms with Crippen molar-refractivity contribution in [3.63, 3.8) is 0 Å². The van der Waals surface area contributed by atoms with Gasteiger partial charge in [0.2, 0.25) is 0 Å². The van der Waals surface area contributed by atoms with Gasteiger partial charge in [0, 0.05) is 11.6 Å². The predicted octanol–water partition coefficient (Wildman–Crippen LogP) is 2.51. The van der Waals surface area contributed by atoms with E-state index in [1.165, 1.54) is 25.5 Å². The number of ether oxygens (including phenoxy) is 2. The fraction of sp³-hybridized carbons (Fsp3) is 0.133. The lowest BCUT2D eigenvalue weighted by molar-refractivity contribution is 0.394. The molecule has 0 aromatic heterocycles. The lowest BCUT2D eigenvalue weighted by Gasteiger charge is -2.06. The predicted molar refractivity (Wildman–Crippen MR) is 80.8 cm³/mol. The van der Waals surface area contributed by atoms with E-state index in [0.29, 0.717) is 17.1 Å². The molecular weight excluding hydrogens is 290 g/mol. The van der Waals surface area contributed by atoms with E-state index in [4.69, 9.17) is 9.47 Å². The maximum Gasteiger partial charge on any atom is 0.282 e. The average Bonchev–Trinajstić information content (AvgIpc) is 2.53. The molecule has 0 saturated heterocycles. The summed E-state index contributed by atoms with van der Waals surface area (Å²) in [5, 5.41) is 0. The number of sulfonamides is 1. The topological polar surface area (TPSA) is 65.0 Å². The highest BCUT2D eigenvalue weighted by atomic mass is 32.2. The molecule has 0 radical (unpaired) electrons. The largest absolute Gasteiger partial charge is 0.497 e. The van der Waals surface area contributed by atoms with Crippen LogP contribution in [0.25, 0.3) is 0 Å². The van der Waals surface area contributed by atoms with Gasteiger partial charge in [-0.25, -0.2) is 0 Å². The maximum atomic E-state index is 12.1. The van der Waals surface area contributed by atoms with Gasteiger partial charge in [-0.3, -0.25) is 0 Å². The summed E-state index contributed by atoms with van der Waals surface area (Å²) in [5.41, 5.74) is 0.554. The minimum atomic E-state index is -3.72. The summed E-state index contributed by atoms with van der Waals surface area (Å²) in [6.07, 6.45) is 1.26. The summed E-state index contributed by atoms with van der Waals surface area (Å²) in [7, 11) is -0.675. The van der Waals surface area contributed by atoms with Gasteiger partial charge in [0.05, 0.1) is 25.3 Å². The molecular formula is C15H15NO4S. The molecule has 0 amide bonds. The molecule has 0 aliphatic heterocycles. The molecule has 0 fully saturated rings. The minimum Gasteiger partial charge on any atom is -0.497 e. The third-order valence-electron chi connectivity index (χ3n) is 2.81. The number of hydrogen-bond acceptors (Lipinski definition) is 4. The smallest absolute Gasteiger partial charge is 0.282 e. The van der Waals surface area contributed by atoms with Gasteiger partial charge in [0.15, 0.2) is 0 Å². The first kappa shape index (κ1) is 15.1. The van der Waals surface area contributed by atoms with Gasteiger partial charge in [-0.15, -0.1) is 0 Å². The van der Waals surface area contributed by atoms with Crippen LogP contribution in [-0.4, -0.2) is 28.9 Å². The molecule has 21 heavy (non-hydrogen) atoms. The number of nitrogens with zero attached hydrogens (tertiary/aromatic N) is 1. The second-order valence-corrected chi connectivity index (χ2v) is 5.76. The SMILES string of the molecule is COc1ccc(/C=N/S(=O)(=O)c2ccccc2)c(OC)c1. The normalized spacial score (nSPS) is 11.5. The Bertz CT molecular complexity index is 740. The second-order valence-electron chi connectivity index (χ2n) is 4.13. The number of methoxy groups -OCH3 is 2. The molecule has 2 rings (SSSR count). The van der Waals surface area contributed by atoms with Crippen LogP contribution in [0.1, 0.15) is 5.56 Å². The average molecular weight is 305 g/mol. The second kappa shape index (κ2) is 6.41.